The molecule has 0 aliphatic heterocycles. The third kappa shape index (κ3) is 5.86. The Morgan fingerprint density at radius 2 is 1.73 bits per heavy atom. The lowest BCUT2D eigenvalue weighted by atomic mass is 10.1. The fourth-order valence-electron chi connectivity index (χ4n) is 3.39. The number of nitrogens with zero attached hydrogens (tertiary/aromatic N) is 1. The molecule has 0 aliphatic carbocycles. The predicted molar refractivity (Wildman–Crippen MR) is 131 cm³/mol. The van der Waals surface area contributed by atoms with Crippen molar-refractivity contribution < 1.29 is 17.9 Å². The van der Waals surface area contributed by atoms with Crippen LogP contribution in [0, 0.1) is 0 Å². The highest BCUT2D eigenvalue weighted by atomic mass is 35.5. The summed E-state index contributed by atoms with van der Waals surface area (Å²) in [4.78, 5) is 13.0. The van der Waals surface area contributed by atoms with Crippen LogP contribution in [0.15, 0.2) is 77.7 Å². The summed E-state index contributed by atoms with van der Waals surface area (Å²) in [6.07, 6.45) is 0.928. The number of halogens is 1. The number of hydrogen-bond acceptors (Lipinski definition) is 4. The first-order valence-electron chi connectivity index (χ1n) is 10.6. The molecule has 0 radical (unpaired) electrons. The lowest BCUT2D eigenvalue weighted by molar-refractivity contribution is -0.120. The molecule has 1 atom stereocenters. The van der Waals surface area contributed by atoms with Gasteiger partial charge in [-0.3, -0.25) is 9.10 Å². The zero-order valence-electron chi connectivity index (χ0n) is 18.8. The van der Waals surface area contributed by atoms with Crippen molar-refractivity contribution in [2.75, 3.05) is 18.0 Å². The molecule has 0 heterocycles. The normalized spacial score (nSPS) is 12.1. The fraction of sp³-hybridized carbons (Fsp3) is 0.240. The molecule has 3 rings (SSSR count). The van der Waals surface area contributed by atoms with Gasteiger partial charge >= 0.3 is 0 Å². The predicted octanol–water partition coefficient (Wildman–Crippen LogP) is 4.98. The van der Waals surface area contributed by atoms with Crippen LogP contribution in [0.2, 0.25) is 5.02 Å². The molecule has 0 aliphatic rings. The third-order valence-corrected chi connectivity index (χ3v) is 7.39. The molecule has 0 spiro atoms. The summed E-state index contributed by atoms with van der Waals surface area (Å²) < 4.78 is 33.1. The van der Waals surface area contributed by atoms with Crippen LogP contribution in [-0.2, 0) is 21.2 Å². The number of ether oxygens (including phenoxy) is 1. The minimum absolute atomic E-state index is 0.0768. The van der Waals surface area contributed by atoms with Gasteiger partial charge in [0.05, 0.1) is 28.8 Å². The van der Waals surface area contributed by atoms with Gasteiger partial charge < -0.3 is 10.1 Å². The molecule has 0 aromatic heterocycles. The summed E-state index contributed by atoms with van der Waals surface area (Å²) in [6.45, 7) is 3.53. The van der Waals surface area contributed by atoms with Gasteiger partial charge in [-0.2, -0.15) is 0 Å². The first kappa shape index (κ1) is 24.6. The van der Waals surface area contributed by atoms with Gasteiger partial charge in [-0.25, -0.2) is 8.42 Å². The number of hydrogen-bond donors (Lipinski definition) is 1. The lowest BCUT2D eigenvalue weighted by Gasteiger charge is -2.25. The minimum Gasteiger partial charge on any atom is -0.495 e. The third-order valence-electron chi connectivity index (χ3n) is 5.31. The molecule has 3 aromatic rings. The quantitative estimate of drug-likeness (QED) is 0.462. The smallest absolute Gasteiger partial charge is 0.264 e. The van der Waals surface area contributed by atoms with Gasteiger partial charge in [0.25, 0.3) is 10.0 Å². The van der Waals surface area contributed by atoms with E-state index in [1.54, 1.807) is 30.3 Å². The summed E-state index contributed by atoms with van der Waals surface area (Å²) in [7, 11) is -2.55. The number of carbonyl (C=O) groups excluding carboxylic acids is 1. The SMILES string of the molecule is CCc1ccc([C@H](C)NC(=O)CN(c2ccc(OC)c(Cl)c2)S(=O)(=O)c2ccccc2)cc1. The van der Waals surface area contributed by atoms with Crippen molar-refractivity contribution in [3.05, 3.63) is 88.9 Å². The molecule has 0 saturated carbocycles. The Bertz CT molecular complexity index is 1200. The number of benzene rings is 3. The van der Waals surface area contributed by atoms with E-state index < -0.39 is 22.5 Å². The second-order valence-electron chi connectivity index (χ2n) is 7.53. The van der Waals surface area contributed by atoms with Gasteiger partial charge in [-0.1, -0.05) is 61.0 Å². The summed E-state index contributed by atoms with van der Waals surface area (Å²) in [5.41, 5.74) is 2.40. The van der Waals surface area contributed by atoms with E-state index in [1.165, 1.54) is 30.9 Å². The minimum atomic E-state index is -4.02. The zero-order chi connectivity index (χ0) is 24.0. The van der Waals surface area contributed by atoms with Crippen molar-refractivity contribution in [3.63, 3.8) is 0 Å². The fourth-order valence-corrected chi connectivity index (χ4v) is 5.07. The van der Waals surface area contributed by atoms with E-state index in [4.69, 9.17) is 16.3 Å². The maximum atomic E-state index is 13.4. The van der Waals surface area contributed by atoms with Crippen molar-refractivity contribution in [2.45, 2.75) is 31.2 Å². The molecule has 1 amide bonds. The number of anilines is 1. The van der Waals surface area contributed by atoms with E-state index in [2.05, 4.69) is 12.2 Å². The molecule has 0 unspecified atom stereocenters. The summed E-state index contributed by atoms with van der Waals surface area (Å²) >= 11 is 6.25. The van der Waals surface area contributed by atoms with Crippen LogP contribution in [0.5, 0.6) is 5.75 Å². The standard InChI is InChI=1S/C25H27ClN2O4S/c1-4-19-10-12-20(13-11-19)18(2)27-25(29)17-28(21-14-15-24(32-3)23(26)16-21)33(30,31)22-8-6-5-7-9-22/h5-16,18H,4,17H2,1-3H3,(H,27,29)/t18-/m0/s1. The first-order chi connectivity index (χ1) is 15.8. The van der Waals surface area contributed by atoms with E-state index in [9.17, 15) is 13.2 Å². The number of aryl methyl sites for hydroxylation is 1. The summed E-state index contributed by atoms with van der Waals surface area (Å²) in [5.74, 6) is -0.0282. The average Bonchev–Trinajstić information content (AvgIpc) is 2.83. The Balaban J connectivity index is 1.89. The van der Waals surface area contributed by atoms with Gasteiger partial charge in [0.2, 0.25) is 5.91 Å². The van der Waals surface area contributed by atoms with Crippen molar-refractivity contribution in [1.82, 2.24) is 5.32 Å². The van der Waals surface area contributed by atoms with Gasteiger partial charge in [-0.05, 0) is 54.8 Å². The largest absolute Gasteiger partial charge is 0.495 e. The molecule has 6 nitrogen and oxygen atoms in total. The van der Waals surface area contributed by atoms with Crippen molar-refractivity contribution in [1.29, 1.82) is 0 Å². The average molecular weight is 487 g/mol. The Hall–Kier alpha value is -3.03. The lowest BCUT2D eigenvalue weighted by Crippen LogP contribution is -2.41. The number of carbonyl (C=O) groups is 1. The maximum absolute atomic E-state index is 13.4. The van der Waals surface area contributed by atoms with Crippen LogP contribution in [0.1, 0.15) is 31.0 Å². The number of sulfonamides is 1. The topological polar surface area (TPSA) is 75.7 Å². The Labute approximate surface area is 200 Å². The van der Waals surface area contributed by atoms with E-state index in [0.717, 1.165) is 16.3 Å². The zero-order valence-corrected chi connectivity index (χ0v) is 20.4. The molecule has 0 bridgehead atoms. The number of amides is 1. The van der Waals surface area contributed by atoms with Crippen LogP contribution < -0.4 is 14.4 Å². The summed E-state index contributed by atoms with van der Waals surface area (Å²) in [6, 6.07) is 20.3. The van der Waals surface area contributed by atoms with Crippen LogP contribution in [-0.4, -0.2) is 28.0 Å². The van der Waals surface area contributed by atoms with E-state index in [0.29, 0.717) is 5.75 Å². The molecule has 1 N–H and O–H groups in total. The highest BCUT2D eigenvalue weighted by Crippen LogP contribution is 2.32. The van der Waals surface area contributed by atoms with Crippen LogP contribution in [0.4, 0.5) is 5.69 Å². The van der Waals surface area contributed by atoms with Crippen molar-refractivity contribution >= 4 is 33.2 Å². The number of nitrogens with one attached hydrogen (secondary N) is 1. The molecule has 3 aromatic carbocycles. The second-order valence-corrected chi connectivity index (χ2v) is 9.80. The molecule has 0 fully saturated rings. The van der Waals surface area contributed by atoms with Crippen molar-refractivity contribution in [3.8, 4) is 5.75 Å². The molecule has 33 heavy (non-hydrogen) atoms. The Morgan fingerprint density at radius 3 is 2.30 bits per heavy atom. The van der Waals surface area contributed by atoms with Gasteiger partial charge in [0.1, 0.15) is 12.3 Å². The van der Waals surface area contributed by atoms with Gasteiger partial charge in [-0.15, -0.1) is 0 Å². The van der Waals surface area contributed by atoms with Gasteiger partial charge in [0.15, 0.2) is 0 Å². The number of methoxy groups -OCH3 is 1. The highest BCUT2D eigenvalue weighted by Gasteiger charge is 2.28. The molecule has 174 valence electrons. The number of rotatable bonds is 9. The van der Waals surface area contributed by atoms with E-state index in [-0.39, 0.29) is 21.6 Å². The molecular formula is C25H27ClN2O4S. The van der Waals surface area contributed by atoms with E-state index in [1.807, 2.05) is 31.2 Å². The first-order valence-corrected chi connectivity index (χ1v) is 12.4. The van der Waals surface area contributed by atoms with Crippen molar-refractivity contribution in [2.24, 2.45) is 0 Å². The van der Waals surface area contributed by atoms with Crippen LogP contribution in [0.25, 0.3) is 0 Å². The maximum Gasteiger partial charge on any atom is 0.264 e. The van der Waals surface area contributed by atoms with Crippen LogP contribution >= 0.6 is 11.6 Å². The molecule has 0 saturated heterocycles. The van der Waals surface area contributed by atoms with Gasteiger partial charge in [0, 0.05) is 0 Å². The Morgan fingerprint density at radius 1 is 1.06 bits per heavy atom. The van der Waals surface area contributed by atoms with E-state index >= 15 is 0 Å². The molecule has 8 heteroatoms. The monoisotopic (exact) mass is 486 g/mol. The highest BCUT2D eigenvalue weighted by molar-refractivity contribution is 7.92. The summed E-state index contributed by atoms with van der Waals surface area (Å²) in [5, 5.41) is 3.14. The Kier molecular flexibility index (Phi) is 8.00. The second kappa shape index (κ2) is 10.7. The van der Waals surface area contributed by atoms with Crippen LogP contribution in [0.3, 0.4) is 0 Å². The molecular weight excluding hydrogens is 460 g/mol.